The van der Waals surface area contributed by atoms with Gasteiger partial charge in [0.05, 0.1) is 19.9 Å². The molecular weight excluding hydrogens is 280 g/mol. The van der Waals surface area contributed by atoms with Crippen LogP contribution >= 0.6 is 0 Å². The lowest BCUT2D eigenvalue weighted by molar-refractivity contribution is -0.116. The van der Waals surface area contributed by atoms with Crippen molar-refractivity contribution in [3.8, 4) is 11.5 Å². The molecule has 0 aliphatic heterocycles. The molecule has 0 aliphatic rings. The van der Waals surface area contributed by atoms with E-state index in [0.717, 1.165) is 5.56 Å². The Morgan fingerprint density at radius 3 is 2.50 bits per heavy atom. The zero-order chi connectivity index (χ0) is 15.9. The Hall–Kier alpha value is -2.53. The molecule has 5 nitrogen and oxygen atoms in total. The predicted octanol–water partition coefficient (Wildman–Crippen LogP) is 2.73. The monoisotopic (exact) mass is 300 g/mol. The van der Waals surface area contributed by atoms with Gasteiger partial charge in [0.2, 0.25) is 5.91 Å². The zero-order valence-electron chi connectivity index (χ0n) is 12.7. The highest BCUT2D eigenvalue weighted by atomic mass is 16.5. The van der Waals surface area contributed by atoms with Crippen LogP contribution in [0.15, 0.2) is 48.5 Å². The number of benzene rings is 2. The first-order valence-electron chi connectivity index (χ1n) is 6.96. The van der Waals surface area contributed by atoms with Crippen molar-refractivity contribution < 1.29 is 14.3 Å². The van der Waals surface area contributed by atoms with Crippen molar-refractivity contribution in [2.45, 2.75) is 12.5 Å². The lowest BCUT2D eigenvalue weighted by Crippen LogP contribution is -2.20. The molecule has 0 aromatic heterocycles. The van der Waals surface area contributed by atoms with Gasteiger partial charge in [-0.25, -0.2) is 0 Å². The molecule has 2 rings (SSSR count). The van der Waals surface area contributed by atoms with Gasteiger partial charge in [0.15, 0.2) is 0 Å². The van der Waals surface area contributed by atoms with E-state index in [1.165, 1.54) is 0 Å². The first kappa shape index (κ1) is 15.9. The summed E-state index contributed by atoms with van der Waals surface area (Å²) in [5, 5.41) is 2.81. The van der Waals surface area contributed by atoms with Crippen LogP contribution in [0.2, 0.25) is 0 Å². The molecule has 116 valence electrons. The van der Waals surface area contributed by atoms with Crippen LogP contribution in [0.3, 0.4) is 0 Å². The van der Waals surface area contributed by atoms with Crippen LogP contribution in [0.5, 0.6) is 11.5 Å². The summed E-state index contributed by atoms with van der Waals surface area (Å²) in [5.74, 6) is 1.04. The zero-order valence-corrected chi connectivity index (χ0v) is 12.7. The third-order valence-electron chi connectivity index (χ3n) is 3.31. The van der Waals surface area contributed by atoms with Gasteiger partial charge in [0.1, 0.15) is 11.5 Å². The van der Waals surface area contributed by atoms with Gasteiger partial charge < -0.3 is 20.5 Å². The van der Waals surface area contributed by atoms with E-state index in [9.17, 15) is 4.79 Å². The number of carbonyl (C=O) groups is 1. The number of hydrogen-bond donors (Lipinski definition) is 2. The third-order valence-corrected chi connectivity index (χ3v) is 3.31. The minimum Gasteiger partial charge on any atom is -0.497 e. The molecule has 1 atom stereocenters. The maximum absolute atomic E-state index is 12.2. The molecule has 0 spiro atoms. The van der Waals surface area contributed by atoms with Crippen LogP contribution in [0.1, 0.15) is 18.0 Å². The van der Waals surface area contributed by atoms with Crippen LogP contribution in [0.25, 0.3) is 0 Å². The number of ether oxygens (including phenoxy) is 2. The largest absolute Gasteiger partial charge is 0.497 e. The summed E-state index contributed by atoms with van der Waals surface area (Å²) in [6, 6.07) is 14.4. The number of hydrogen-bond acceptors (Lipinski definition) is 4. The Morgan fingerprint density at radius 2 is 1.86 bits per heavy atom. The number of amides is 1. The molecule has 0 fully saturated rings. The van der Waals surface area contributed by atoms with Crippen LogP contribution in [-0.4, -0.2) is 20.1 Å². The second kappa shape index (κ2) is 7.47. The van der Waals surface area contributed by atoms with Crippen molar-refractivity contribution in [3.63, 3.8) is 0 Å². The minimum absolute atomic E-state index is 0.178. The maximum atomic E-state index is 12.2. The maximum Gasteiger partial charge on any atom is 0.226 e. The molecule has 2 aromatic rings. The molecule has 5 heteroatoms. The van der Waals surface area contributed by atoms with Crippen LogP contribution in [0.4, 0.5) is 5.69 Å². The van der Waals surface area contributed by atoms with Crippen molar-refractivity contribution in [3.05, 3.63) is 54.1 Å². The second-order valence-corrected chi connectivity index (χ2v) is 4.84. The summed E-state index contributed by atoms with van der Waals surface area (Å²) in [6.07, 6.45) is 0.185. The molecule has 0 bridgehead atoms. The molecule has 1 unspecified atom stereocenters. The Morgan fingerprint density at radius 1 is 1.14 bits per heavy atom. The molecule has 0 heterocycles. The van der Waals surface area contributed by atoms with Crippen LogP contribution in [-0.2, 0) is 4.79 Å². The van der Waals surface area contributed by atoms with E-state index in [2.05, 4.69) is 5.32 Å². The number of carbonyl (C=O) groups excluding carboxylic acids is 1. The summed E-state index contributed by atoms with van der Waals surface area (Å²) >= 11 is 0. The van der Waals surface area contributed by atoms with Crippen LogP contribution < -0.4 is 20.5 Å². The molecule has 0 saturated carbocycles. The van der Waals surface area contributed by atoms with Crippen molar-refractivity contribution in [1.29, 1.82) is 0 Å². The number of nitrogens with one attached hydrogen (secondary N) is 1. The van der Waals surface area contributed by atoms with Gasteiger partial charge in [-0.1, -0.05) is 30.3 Å². The smallest absolute Gasteiger partial charge is 0.226 e. The standard InChI is InChI=1S/C17H20N2O3/c1-21-13-8-9-16(22-2)15(10-13)19-17(20)11-14(18)12-6-4-3-5-7-12/h3-10,14H,11,18H2,1-2H3,(H,19,20). The van der Waals surface area contributed by atoms with Gasteiger partial charge in [-0.2, -0.15) is 0 Å². The fraction of sp³-hybridized carbons (Fsp3) is 0.235. The molecule has 22 heavy (non-hydrogen) atoms. The van der Waals surface area contributed by atoms with E-state index in [1.807, 2.05) is 30.3 Å². The molecule has 2 aromatic carbocycles. The molecule has 1 amide bonds. The van der Waals surface area contributed by atoms with Crippen molar-refractivity contribution in [2.75, 3.05) is 19.5 Å². The molecule has 0 radical (unpaired) electrons. The second-order valence-electron chi connectivity index (χ2n) is 4.84. The Bertz CT molecular complexity index is 629. The summed E-state index contributed by atoms with van der Waals surface area (Å²) in [5.41, 5.74) is 7.55. The summed E-state index contributed by atoms with van der Waals surface area (Å²) in [4.78, 5) is 12.2. The highest BCUT2D eigenvalue weighted by molar-refractivity contribution is 5.93. The predicted molar refractivity (Wildman–Crippen MR) is 86.2 cm³/mol. The molecule has 0 aliphatic carbocycles. The molecule has 0 saturated heterocycles. The van der Waals surface area contributed by atoms with Crippen molar-refractivity contribution in [2.24, 2.45) is 5.73 Å². The molecule has 3 N–H and O–H groups in total. The Balaban J connectivity index is 2.05. The van der Waals surface area contributed by atoms with Gasteiger partial charge in [-0.05, 0) is 17.7 Å². The van der Waals surface area contributed by atoms with Gasteiger partial charge in [0, 0.05) is 18.5 Å². The fourth-order valence-electron chi connectivity index (χ4n) is 2.13. The number of anilines is 1. The average Bonchev–Trinajstić information content (AvgIpc) is 2.55. The van der Waals surface area contributed by atoms with E-state index >= 15 is 0 Å². The van der Waals surface area contributed by atoms with Crippen LogP contribution in [0, 0.1) is 0 Å². The quantitative estimate of drug-likeness (QED) is 0.860. The first-order valence-corrected chi connectivity index (χ1v) is 6.96. The number of nitrogens with two attached hydrogens (primary N) is 1. The SMILES string of the molecule is COc1ccc(OC)c(NC(=O)CC(N)c2ccccc2)c1. The van der Waals surface area contributed by atoms with Crippen molar-refractivity contribution >= 4 is 11.6 Å². The highest BCUT2D eigenvalue weighted by Gasteiger charge is 2.14. The third kappa shape index (κ3) is 3.99. The first-order chi connectivity index (χ1) is 10.6. The summed E-state index contributed by atoms with van der Waals surface area (Å²) in [7, 11) is 3.12. The summed E-state index contributed by atoms with van der Waals surface area (Å²) < 4.78 is 10.4. The minimum atomic E-state index is -0.349. The highest BCUT2D eigenvalue weighted by Crippen LogP contribution is 2.29. The lowest BCUT2D eigenvalue weighted by atomic mass is 10.0. The Labute approximate surface area is 130 Å². The summed E-state index contributed by atoms with van der Waals surface area (Å²) in [6.45, 7) is 0. The average molecular weight is 300 g/mol. The number of methoxy groups -OCH3 is 2. The number of rotatable bonds is 6. The van der Waals surface area contributed by atoms with E-state index < -0.39 is 0 Å². The van der Waals surface area contributed by atoms with Gasteiger partial charge in [-0.3, -0.25) is 4.79 Å². The molecular formula is C17H20N2O3. The van der Waals surface area contributed by atoms with E-state index in [4.69, 9.17) is 15.2 Å². The van der Waals surface area contributed by atoms with Crippen molar-refractivity contribution in [1.82, 2.24) is 0 Å². The fourth-order valence-corrected chi connectivity index (χ4v) is 2.13. The topological polar surface area (TPSA) is 73.6 Å². The van der Waals surface area contributed by atoms with Gasteiger partial charge in [0.25, 0.3) is 0 Å². The van der Waals surface area contributed by atoms with Gasteiger partial charge in [-0.15, -0.1) is 0 Å². The lowest BCUT2D eigenvalue weighted by Gasteiger charge is -2.14. The van der Waals surface area contributed by atoms with E-state index in [1.54, 1.807) is 32.4 Å². The van der Waals surface area contributed by atoms with Gasteiger partial charge >= 0.3 is 0 Å². The van der Waals surface area contributed by atoms with E-state index in [-0.39, 0.29) is 18.4 Å². The normalized spacial score (nSPS) is 11.6. The van der Waals surface area contributed by atoms with E-state index in [0.29, 0.717) is 17.2 Å². The Kier molecular flexibility index (Phi) is 5.38.